The molecular formula is C14H23NO2. The van der Waals surface area contributed by atoms with E-state index in [1.54, 1.807) is 4.90 Å². The van der Waals surface area contributed by atoms with Gasteiger partial charge in [0.05, 0.1) is 12.1 Å². The maximum Gasteiger partial charge on any atom is 0.249 e. The third-order valence-electron chi connectivity index (χ3n) is 4.82. The van der Waals surface area contributed by atoms with Crippen LogP contribution in [0.15, 0.2) is 0 Å². The molecule has 0 aromatic carbocycles. The lowest BCUT2D eigenvalue weighted by Crippen LogP contribution is -2.61. The molecule has 1 rings (SSSR count). The Morgan fingerprint density at radius 1 is 1.29 bits per heavy atom. The van der Waals surface area contributed by atoms with E-state index in [0.717, 1.165) is 0 Å². The molecule has 1 fully saturated rings. The Labute approximate surface area is 105 Å². The van der Waals surface area contributed by atoms with Crippen LogP contribution >= 0.6 is 0 Å². The van der Waals surface area contributed by atoms with Crippen LogP contribution in [0.4, 0.5) is 0 Å². The molecule has 0 spiro atoms. The van der Waals surface area contributed by atoms with Gasteiger partial charge in [0.25, 0.3) is 0 Å². The predicted molar refractivity (Wildman–Crippen MR) is 68.4 cm³/mol. The summed E-state index contributed by atoms with van der Waals surface area (Å²) in [5, 5.41) is 0. The van der Waals surface area contributed by atoms with Gasteiger partial charge < -0.3 is 9.64 Å². The molecule has 0 bridgehead atoms. The Morgan fingerprint density at radius 2 is 1.82 bits per heavy atom. The summed E-state index contributed by atoms with van der Waals surface area (Å²) in [6.45, 7) is 12.8. The van der Waals surface area contributed by atoms with Crippen molar-refractivity contribution in [2.24, 2.45) is 5.41 Å². The number of ether oxygens (including phenoxy) is 1. The minimum atomic E-state index is -0.379. The van der Waals surface area contributed by atoms with E-state index in [2.05, 4.69) is 33.6 Å². The number of hydrogen-bond acceptors (Lipinski definition) is 2. The summed E-state index contributed by atoms with van der Waals surface area (Å²) in [5.74, 6) is 2.53. The van der Waals surface area contributed by atoms with E-state index in [-0.39, 0.29) is 29.1 Å². The number of hydrogen-bond donors (Lipinski definition) is 0. The highest BCUT2D eigenvalue weighted by Crippen LogP contribution is 2.47. The first-order valence-corrected chi connectivity index (χ1v) is 5.96. The molecule has 1 saturated heterocycles. The van der Waals surface area contributed by atoms with Gasteiger partial charge in [-0.05, 0) is 27.7 Å². The first kappa shape index (κ1) is 14.1. The van der Waals surface area contributed by atoms with E-state index in [4.69, 9.17) is 11.2 Å². The summed E-state index contributed by atoms with van der Waals surface area (Å²) in [6, 6.07) is 0. The number of carbonyl (C=O) groups excluding carboxylic acids is 1. The topological polar surface area (TPSA) is 29.5 Å². The normalized spacial score (nSPS) is 26.2. The summed E-state index contributed by atoms with van der Waals surface area (Å²) < 4.78 is 5.77. The molecule has 0 aliphatic carbocycles. The number of amides is 1. The van der Waals surface area contributed by atoms with Gasteiger partial charge in [0.15, 0.2) is 0 Å². The molecule has 3 heteroatoms. The summed E-state index contributed by atoms with van der Waals surface area (Å²) in [4.78, 5) is 13.9. The fourth-order valence-corrected chi connectivity index (χ4v) is 2.26. The van der Waals surface area contributed by atoms with E-state index in [0.29, 0.717) is 6.54 Å². The van der Waals surface area contributed by atoms with Crippen LogP contribution in [0.5, 0.6) is 0 Å². The third kappa shape index (κ3) is 1.95. The highest BCUT2D eigenvalue weighted by atomic mass is 16.5. The van der Waals surface area contributed by atoms with E-state index < -0.39 is 0 Å². The molecule has 0 aromatic rings. The van der Waals surface area contributed by atoms with Crippen molar-refractivity contribution in [2.45, 2.75) is 52.7 Å². The zero-order valence-corrected chi connectivity index (χ0v) is 11.8. The van der Waals surface area contributed by atoms with Crippen molar-refractivity contribution in [2.75, 3.05) is 13.2 Å². The molecule has 0 aromatic heterocycles. The van der Waals surface area contributed by atoms with Crippen LogP contribution in [0.25, 0.3) is 0 Å². The maximum absolute atomic E-state index is 12.1. The summed E-state index contributed by atoms with van der Waals surface area (Å²) >= 11 is 0. The van der Waals surface area contributed by atoms with Gasteiger partial charge in [-0.3, -0.25) is 4.79 Å². The monoisotopic (exact) mass is 237 g/mol. The zero-order valence-electron chi connectivity index (χ0n) is 11.8. The Bertz CT molecular complexity index is 361. The second kappa shape index (κ2) is 4.03. The average Bonchev–Trinajstić information content (AvgIpc) is 2.24. The lowest BCUT2D eigenvalue weighted by Gasteiger charge is -2.52. The lowest BCUT2D eigenvalue weighted by molar-refractivity contribution is -0.138. The number of nitrogens with zero attached hydrogens (tertiary/aromatic N) is 1. The van der Waals surface area contributed by atoms with E-state index in [1.165, 1.54) is 0 Å². The van der Waals surface area contributed by atoms with Crippen molar-refractivity contribution in [3.8, 4) is 12.3 Å². The van der Waals surface area contributed by atoms with Gasteiger partial charge in [0.2, 0.25) is 5.91 Å². The molecular weight excluding hydrogens is 214 g/mol. The van der Waals surface area contributed by atoms with Gasteiger partial charge in [0, 0.05) is 11.0 Å². The highest BCUT2D eigenvalue weighted by molar-refractivity contribution is 5.79. The highest BCUT2D eigenvalue weighted by Gasteiger charge is 2.55. The molecule has 96 valence electrons. The van der Waals surface area contributed by atoms with Crippen LogP contribution in [0.3, 0.4) is 0 Å². The fraction of sp³-hybridized carbons (Fsp3) is 0.786. The van der Waals surface area contributed by atoms with Crippen molar-refractivity contribution < 1.29 is 9.53 Å². The molecule has 1 amide bonds. The zero-order chi connectivity index (χ0) is 13.5. The molecule has 1 heterocycles. The van der Waals surface area contributed by atoms with Crippen molar-refractivity contribution in [3.63, 3.8) is 0 Å². The van der Waals surface area contributed by atoms with Gasteiger partial charge >= 0.3 is 0 Å². The quantitative estimate of drug-likeness (QED) is 0.653. The standard InChI is InChI=1S/C14H23NO2/c1-8-9-15-11(16)10-17-14(6,7)12(2,3)13(15,4)5/h1H,9-10H2,2-7H3. The average molecular weight is 237 g/mol. The van der Waals surface area contributed by atoms with Gasteiger partial charge in [-0.15, -0.1) is 6.42 Å². The summed E-state index contributed by atoms with van der Waals surface area (Å²) in [7, 11) is 0. The first-order chi connectivity index (χ1) is 7.58. The smallest absolute Gasteiger partial charge is 0.249 e. The van der Waals surface area contributed by atoms with Crippen molar-refractivity contribution in [1.82, 2.24) is 4.90 Å². The van der Waals surface area contributed by atoms with Crippen molar-refractivity contribution in [1.29, 1.82) is 0 Å². The Morgan fingerprint density at radius 3 is 2.29 bits per heavy atom. The number of terminal acetylenes is 1. The molecule has 0 radical (unpaired) electrons. The molecule has 0 unspecified atom stereocenters. The molecule has 3 nitrogen and oxygen atoms in total. The van der Waals surface area contributed by atoms with E-state index in [1.807, 2.05) is 13.8 Å². The van der Waals surface area contributed by atoms with Gasteiger partial charge in [-0.1, -0.05) is 19.8 Å². The second-order valence-corrected chi connectivity index (χ2v) is 6.17. The van der Waals surface area contributed by atoms with E-state index in [9.17, 15) is 4.79 Å². The largest absolute Gasteiger partial charge is 0.365 e. The van der Waals surface area contributed by atoms with Crippen LogP contribution in [-0.4, -0.2) is 35.1 Å². The molecule has 0 atom stereocenters. The minimum absolute atomic E-state index is 0.0356. The van der Waals surface area contributed by atoms with Crippen LogP contribution in [0.1, 0.15) is 41.5 Å². The van der Waals surface area contributed by atoms with Crippen LogP contribution in [0.2, 0.25) is 0 Å². The van der Waals surface area contributed by atoms with Gasteiger partial charge in [0.1, 0.15) is 6.61 Å². The van der Waals surface area contributed by atoms with Crippen LogP contribution < -0.4 is 0 Å². The molecule has 1 aliphatic heterocycles. The molecule has 0 N–H and O–H groups in total. The molecule has 1 aliphatic rings. The summed E-state index contributed by atoms with van der Waals surface area (Å²) in [6.07, 6.45) is 5.37. The molecule has 17 heavy (non-hydrogen) atoms. The van der Waals surface area contributed by atoms with E-state index >= 15 is 0 Å². The first-order valence-electron chi connectivity index (χ1n) is 5.96. The van der Waals surface area contributed by atoms with Crippen LogP contribution in [0, 0.1) is 17.8 Å². The Kier molecular flexibility index (Phi) is 3.33. The van der Waals surface area contributed by atoms with Gasteiger partial charge in [-0.25, -0.2) is 0 Å². The van der Waals surface area contributed by atoms with Crippen molar-refractivity contribution in [3.05, 3.63) is 0 Å². The maximum atomic E-state index is 12.1. The third-order valence-corrected chi connectivity index (χ3v) is 4.82. The van der Waals surface area contributed by atoms with Gasteiger partial charge in [-0.2, -0.15) is 0 Å². The Balaban J connectivity index is 3.29. The number of rotatable bonds is 1. The Hall–Kier alpha value is -1.01. The fourth-order valence-electron chi connectivity index (χ4n) is 2.26. The van der Waals surface area contributed by atoms with Crippen molar-refractivity contribution >= 4 is 5.91 Å². The minimum Gasteiger partial charge on any atom is -0.365 e. The number of carbonyl (C=O) groups is 1. The van der Waals surface area contributed by atoms with Crippen LogP contribution in [-0.2, 0) is 9.53 Å². The summed E-state index contributed by atoms with van der Waals surface area (Å²) in [5.41, 5.74) is -0.936. The molecule has 0 saturated carbocycles. The SMILES string of the molecule is C#CCN1C(=O)COC(C)(C)C(C)(C)C1(C)C. The predicted octanol–water partition coefficient (Wildman–Crippen LogP) is 2.06. The second-order valence-electron chi connectivity index (χ2n) is 6.17. The lowest BCUT2D eigenvalue weighted by atomic mass is 9.64.